The molecule has 0 unspecified atom stereocenters. The normalized spacial score (nSPS) is 16.8. The fourth-order valence-electron chi connectivity index (χ4n) is 2.19. The fraction of sp³-hybridized carbons (Fsp3) is 0.500. The van der Waals surface area contributed by atoms with Crippen molar-refractivity contribution in [1.82, 2.24) is 4.98 Å². The van der Waals surface area contributed by atoms with Gasteiger partial charge in [0.25, 0.3) is 0 Å². The van der Waals surface area contributed by atoms with Crippen LogP contribution in [-0.4, -0.2) is 22.1 Å². The van der Waals surface area contributed by atoms with Crippen molar-refractivity contribution in [3.8, 4) is 0 Å². The van der Waals surface area contributed by atoms with Crippen LogP contribution in [-0.2, 0) is 0 Å². The first-order chi connectivity index (χ1) is 8.18. The highest BCUT2D eigenvalue weighted by atomic mass is 79.9. The second-order valence-corrected chi connectivity index (χ2v) is 5.16. The Balaban J connectivity index is 2.19. The summed E-state index contributed by atoms with van der Waals surface area (Å²) < 4.78 is 0.568. The number of hydrogen-bond donors (Lipinski definition) is 2. The van der Waals surface area contributed by atoms with E-state index in [-0.39, 0.29) is 5.56 Å². The van der Waals surface area contributed by atoms with Gasteiger partial charge in [0.15, 0.2) is 0 Å². The molecule has 1 aliphatic rings. The standard InChI is InChI=1S/C12H15BrN2O2/c13-9-6-7-14-11(10(9)12(16)17)15-8-4-2-1-3-5-8/h6-8H,1-5H2,(H,14,15)(H,16,17). The third-order valence-electron chi connectivity index (χ3n) is 3.06. The average molecular weight is 299 g/mol. The smallest absolute Gasteiger partial charge is 0.340 e. The summed E-state index contributed by atoms with van der Waals surface area (Å²) in [5, 5.41) is 12.4. The summed E-state index contributed by atoms with van der Waals surface area (Å²) in [6.07, 6.45) is 7.47. The molecular weight excluding hydrogens is 284 g/mol. The summed E-state index contributed by atoms with van der Waals surface area (Å²) in [5.41, 5.74) is 0.220. The molecule has 0 bridgehead atoms. The summed E-state index contributed by atoms with van der Waals surface area (Å²) in [5.74, 6) is -0.484. The first-order valence-corrected chi connectivity index (χ1v) is 6.62. The molecule has 0 radical (unpaired) electrons. The molecule has 2 rings (SSSR count). The largest absolute Gasteiger partial charge is 0.478 e. The Labute approximate surface area is 109 Å². The highest BCUT2D eigenvalue weighted by Gasteiger charge is 2.19. The lowest BCUT2D eigenvalue weighted by Gasteiger charge is -2.24. The van der Waals surface area contributed by atoms with E-state index in [2.05, 4.69) is 26.2 Å². The van der Waals surface area contributed by atoms with Crippen LogP contribution in [0.5, 0.6) is 0 Å². The van der Waals surface area contributed by atoms with Gasteiger partial charge in [-0.2, -0.15) is 0 Å². The zero-order valence-electron chi connectivity index (χ0n) is 9.45. The van der Waals surface area contributed by atoms with Crippen LogP contribution < -0.4 is 5.32 Å². The number of hydrogen-bond acceptors (Lipinski definition) is 3. The van der Waals surface area contributed by atoms with E-state index >= 15 is 0 Å². The van der Waals surface area contributed by atoms with Gasteiger partial charge in [0.1, 0.15) is 11.4 Å². The molecule has 0 atom stereocenters. The summed E-state index contributed by atoms with van der Waals surface area (Å²) >= 11 is 3.25. The van der Waals surface area contributed by atoms with Crippen molar-refractivity contribution >= 4 is 27.7 Å². The summed E-state index contributed by atoms with van der Waals surface area (Å²) in [4.78, 5) is 15.3. The molecule has 2 N–H and O–H groups in total. The van der Waals surface area contributed by atoms with Crippen LogP contribution in [0.4, 0.5) is 5.82 Å². The molecule has 1 fully saturated rings. The predicted octanol–water partition coefficient (Wildman–Crippen LogP) is 3.29. The van der Waals surface area contributed by atoms with E-state index in [9.17, 15) is 4.79 Å². The van der Waals surface area contributed by atoms with Crippen LogP contribution in [0.3, 0.4) is 0 Å². The number of nitrogens with zero attached hydrogens (tertiary/aromatic N) is 1. The third-order valence-corrected chi connectivity index (χ3v) is 3.72. The zero-order chi connectivity index (χ0) is 12.3. The molecule has 17 heavy (non-hydrogen) atoms. The van der Waals surface area contributed by atoms with Crippen molar-refractivity contribution in [2.75, 3.05) is 5.32 Å². The van der Waals surface area contributed by atoms with Crippen molar-refractivity contribution in [2.45, 2.75) is 38.1 Å². The quantitative estimate of drug-likeness (QED) is 0.899. The molecular formula is C12H15BrN2O2. The molecule has 1 aliphatic carbocycles. The Morgan fingerprint density at radius 2 is 2.12 bits per heavy atom. The molecule has 1 saturated carbocycles. The number of rotatable bonds is 3. The Bertz CT molecular complexity index is 417. The Kier molecular flexibility index (Phi) is 3.99. The first kappa shape index (κ1) is 12.4. The minimum atomic E-state index is -0.955. The van der Waals surface area contributed by atoms with Gasteiger partial charge in [-0.3, -0.25) is 0 Å². The number of carboxylic acid groups (broad SMARTS) is 1. The summed E-state index contributed by atoms with van der Waals surface area (Å²) in [6.45, 7) is 0. The number of anilines is 1. The monoisotopic (exact) mass is 298 g/mol. The van der Waals surface area contributed by atoms with Crippen molar-refractivity contribution < 1.29 is 9.90 Å². The molecule has 0 amide bonds. The number of carbonyl (C=O) groups is 1. The molecule has 4 nitrogen and oxygen atoms in total. The number of carboxylic acids is 1. The molecule has 0 aliphatic heterocycles. The molecule has 1 aromatic rings. The fourth-order valence-corrected chi connectivity index (χ4v) is 2.67. The van der Waals surface area contributed by atoms with Gasteiger partial charge in [0, 0.05) is 16.7 Å². The zero-order valence-corrected chi connectivity index (χ0v) is 11.0. The van der Waals surface area contributed by atoms with Crippen molar-refractivity contribution in [3.05, 3.63) is 22.3 Å². The van der Waals surface area contributed by atoms with Crippen molar-refractivity contribution in [1.29, 1.82) is 0 Å². The van der Waals surface area contributed by atoms with E-state index < -0.39 is 5.97 Å². The van der Waals surface area contributed by atoms with E-state index in [4.69, 9.17) is 5.11 Å². The van der Waals surface area contributed by atoms with Crippen molar-refractivity contribution in [3.63, 3.8) is 0 Å². The first-order valence-electron chi connectivity index (χ1n) is 5.83. The van der Waals surface area contributed by atoms with Gasteiger partial charge in [-0.1, -0.05) is 19.3 Å². The van der Waals surface area contributed by atoms with Crippen LogP contribution >= 0.6 is 15.9 Å². The average Bonchev–Trinajstić information content (AvgIpc) is 2.30. The van der Waals surface area contributed by atoms with E-state index in [1.54, 1.807) is 12.3 Å². The van der Waals surface area contributed by atoms with E-state index in [0.29, 0.717) is 16.3 Å². The van der Waals surface area contributed by atoms with Crippen molar-refractivity contribution in [2.24, 2.45) is 0 Å². The van der Waals surface area contributed by atoms with Crippen LogP contribution in [0, 0.1) is 0 Å². The minimum Gasteiger partial charge on any atom is -0.478 e. The Morgan fingerprint density at radius 3 is 2.76 bits per heavy atom. The molecule has 1 heterocycles. The SMILES string of the molecule is O=C(O)c1c(Br)ccnc1NC1CCCCC1. The van der Waals surface area contributed by atoms with Crippen LogP contribution in [0.15, 0.2) is 16.7 Å². The molecule has 0 saturated heterocycles. The summed E-state index contributed by atoms with van der Waals surface area (Å²) in [7, 11) is 0. The molecule has 0 spiro atoms. The third kappa shape index (κ3) is 2.97. The van der Waals surface area contributed by atoms with Crippen LogP contribution in [0.2, 0.25) is 0 Å². The van der Waals surface area contributed by atoms with Gasteiger partial charge in [-0.15, -0.1) is 0 Å². The van der Waals surface area contributed by atoms with E-state index in [1.807, 2.05) is 0 Å². The number of aromatic carboxylic acids is 1. The lowest BCUT2D eigenvalue weighted by atomic mass is 9.95. The molecule has 92 valence electrons. The van der Waals surface area contributed by atoms with Gasteiger partial charge < -0.3 is 10.4 Å². The number of nitrogens with one attached hydrogen (secondary N) is 1. The van der Waals surface area contributed by atoms with Gasteiger partial charge in [0.05, 0.1) is 0 Å². The summed E-state index contributed by atoms with van der Waals surface area (Å²) in [6, 6.07) is 2.00. The van der Waals surface area contributed by atoms with Crippen LogP contribution in [0.1, 0.15) is 42.5 Å². The lowest BCUT2D eigenvalue weighted by molar-refractivity contribution is 0.0696. The second kappa shape index (κ2) is 5.49. The lowest BCUT2D eigenvalue weighted by Crippen LogP contribution is -2.24. The van der Waals surface area contributed by atoms with Gasteiger partial charge in [0.2, 0.25) is 0 Å². The van der Waals surface area contributed by atoms with E-state index in [0.717, 1.165) is 12.8 Å². The Hall–Kier alpha value is -1.10. The second-order valence-electron chi connectivity index (χ2n) is 4.30. The number of pyridine rings is 1. The van der Waals surface area contributed by atoms with Gasteiger partial charge >= 0.3 is 5.97 Å². The number of halogens is 1. The maximum atomic E-state index is 11.2. The van der Waals surface area contributed by atoms with Crippen LogP contribution in [0.25, 0.3) is 0 Å². The molecule has 1 aromatic heterocycles. The molecule has 5 heteroatoms. The van der Waals surface area contributed by atoms with E-state index in [1.165, 1.54) is 19.3 Å². The highest BCUT2D eigenvalue weighted by Crippen LogP contribution is 2.26. The topological polar surface area (TPSA) is 62.2 Å². The minimum absolute atomic E-state index is 0.220. The van der Waals surface area contributed by atoms with Gasteiger partial charge in [-0.05, 0) is 34.8 Å². The molecule has 0 aromatic carbocycles. The van der Waals surface area contributed by atoms with Gasteiger partial charge in [-0.25, -0.2) is 9.78 Å². The predicted molar refractivity (Wildman–Crippen MR) is 69.4 cm³/mol. The maximum Gasteiger partial charge on any atom is 0.340 e. The number of aromatic nitrogens is 1. The Morgan fingerprint density at radius 1 is 1.41 bits per heavy atom. The maximum absolute atomic E-state index is 11.2. The highest BCUT2D eigenvalue weighted by molar-refractivity contribution is 9.10.